The number of Topliss-reactive ketones (excluding diaryl/α,β-unsaturated/α-hetero) is 2. The smallest absolute Gasteiger partial charge is 0.206 e. The maximum absolute atomic E-state index is 12.1. The van der Waals surface area contributed by atoms with Gasteiger partial charge in [-0.2, -0.15) is 0 Å². The van der Waals surface area contributed by atoms with E-state index in [1.54, 1.807) is 27.9 Å². The number of methoxy groups -OCH3 is 1. The third kappa shape index (κ3) is 3.62. The summed E-state index contributed by atoms with van der Waals surface area (Å²) in [7, 11) is 1.55. The summed E-state index contributed by atoms with van der Waals surface area (Å²) >= 11 is 0. The maximum Gasteiger partial charge on any atom is 0.206 e. The van der Waals surface area contributed by atoms with Crippen LogP contribution in [-0.2, 0) is 19.1 Å². The van der Waals surface area contributed by atoms with Crippen molar-refractivity contribution in [3.63, 3.8) is 0 Å². The molecule has 18 heavy (non-hydrogen) atoms. The van der Waals surface area contributed by atoms with Crippen LogP contribution in [0.5, 0.6) is 0 Å². The van der Waals surface area contributed by atoms with Crippen LogP contribution in [-0.4, -0.2) is 30.6 Å². The zero-order chi connectivity index (χ0) is 14.6. The topological polar surface area (TPSA) is 52.6 Å². The lowest BCUT2D eigenvalue weighted by atomic mass is 9.69. The van der Waals surface area contributed by atoms with Gasteiger partial charge in [0.05, 0.1) is 11.0 Å². The van der Waals surface area contributed by atoms with Crippen LogP contribution in [0.3, 0.4) is 0 Å². The second-order valence-corrected chi connectivity index (χ2v) is 5.41. The number of hydrogen-bond acceptors (Lipinski definition) is 4. The zero-order valence-electron chi connectivity index (χ0n) is 12.6. The van der Waals surface area contributed by atoms with Crippen molar-refractivity contribution in [3.05, 3.63) is 0 Å². The predicted molar refractivity (Wildman–Crippen MR) is 70.3 cm³/mol. The summed E-state index contributed by atoms with van der Waals surface area (Å²) in [6.45, 7) is 10.5. The Kier molecular flexibility index (Phi) is 6.17. The molecule has 0 spiro atoms. The molecular weight excluding hydrogens is 232 g/mol. The molecule has 0 saturated carbocycles. The van der Waals surface area contributed by atoms with E-state index in [9.17, 15) is 9.59 Å². The molecular formula is C14H26O4. The third-order valence-corrected chi connectivity index (χ3v) is 3.69. The fourth-order valence-electron chi connectivity index (χ4n) is 2.09. The van der Waals surface area contributed by atoms with Crippen molar-refractivity contribution in [3.8, 4) is 0 Å². The summed E-state index contributed by atoms with van der Waals surface area (Å²) < 4.78 is 11.0. The molecule has 0 amide bonds. The van der Waals surface area contributed by atoms with Gasteiger partial charge in [-0.05, 0) is 34.1 Å². The fraction of sp³-hybridized carbons (Fsp3) is 0.857. The van der Waals surface area contributed by atoms with Crippen LogP contribution < -0.4 is 0 Å². The molecule has 0 aromatic carbocycles. The van der Waals surface area contributed by atoms with Crippen molar-refractivity contribution >= 4 is 11.6 Å². The van der Waals surface area contributed by atoms with E-state index in [0.29, 0.717) is 6.42 Å². The lowest BCUT2D eigenvalue weighted by molar-refractivity contribution is -0.221. The molecule has 0 aliphatic heterocycles. The van der Waals surface area contributed by atoms with E-state index < -0.39 is 28.9 Å². The van der Waals surface area contributed by atoms with Gasteiger partial charge in [-0.15, -0.1) is 0 Å². The highest BCUT2D eigenvalue weighted by atomic mass is 16.7. The Hall–Kier alpha value is -0.740. The van der Waals surface area contributed by atoms with E-state index in [2.05, 4.69) is 0 Å². The fourth-order valence-corrected chi connectivity index (χ4v) is 2.09. The van der Waals surface area contributed by atoms with Crippen LogP contribution >= 0.6 is 0 Å². The van der Waals surface area contributed by atoms with Crippen LogP contribution in [0.2, 0.25) is 0 Å². The first-order chi connectivity index (χ1) is 8.12. The molecule has 0 radical (unpaired) electrons. The van der Waals surface area contributed by atoms with Crippen molar-refractivity contribution in [1.82, 2.24) is 0 Å². The largest absolute Gasteiger partial charge is 0.356 e. The minimum absolute atomic E-state index is 0.401. The normalized spacial score (nSPS) is 17.1. The second-order valence-electron chi connectivity index (χ2n) is 5.41. The third-order valence-electron chi connectivity index (χ3n) is 3.69. The first-order valence-electron chi connectivity index (χ1n) is 6.38. The Balaban J connectivity index is 5.30. The highest BCUT2D eigenvalue weighted by Gasteiger charge is 2.48. The molecule has 0 bridgehead atoms. The highest BCUT2D eigenvalue weighted by molar-refractivity contribution is 6.38. The summed E-state index contributed by atoms with van der Waals surface area (Å²) in [6.07, 6.45) is 1.13. The first kappa shape index (κ1) is 17.3. The molecule has 0 aliphatic rings. The molecule has 0 N–H and O–H groups in total. The van der Waals surface area contributed by atoms with Crippen LogP contribution in [0.15, 0.2) is 0 Å². The zero-order valence-corrected chi connectivity index (χ0v) is 12.6. The van der Waals surface area contributed by atoms with Gasteiger partial charge in [0.25, 0.3) is 0 Å². The monoisotopic (exact) mass is 258 g/mol. The highest BCUT2D eigenvalue weighted by Crippen LogP contribution is 2.39. The van der Waals surface area contributed by atoms with E-state index in [-0.39, 0.29) is 0 Å². The minimum Gasteiger partial charge on any atom is -0.356 e. The Morgan fingerprint density at radius 3 is 2.06 bits per heavy atom. The lowest BCUT2D eigenvalue weighted by Crippen LogP contribution is -2.52. The number of hydrogen-bond donors (Lipinski definition) is 0. The van der Waals surface area contributed by atoms with E-state index >= 15 is 0 Å². The number of ketones is 2. The van der Waals surface area contributed by atoms with Gasteiger partial charge < -0.3 is 9.47 Å². The summed E-state index contributed by atoms with van der Waals surface area (Å²) in [5.74, 6) is -0.835. The van der Waals surface area contributed by atoms with Gasteiger partial charge in [-0.1, -0.05) is 13.3 Å². The van der Waals surface area contributed by atoms with Crippen molar-refractivity contribution < 1.29 is 19.1 Å². The van der Waals surface area contributed by atoms with E-state index in [1.807, 2.05) is 13.8 Å². The Bertz CT molecular complexity index is 309. The molecule has 106 valence electrons. The summed E-state index contributed by atoms with van der Waals surface area (Å²) in [6, 6.07) is 0. The minimum atomic E-state index is -0.873. The van der Waals surface area contributed by atoms with E-state index in [1.165, 1.54) is 6.92 Å². The van der Waals surface area contributed by atoms with Crippen molar-refractivity contribution in [2.45, 2.75) is 66.3 Å². The van der Waals surface area contributed by atoms with Crippen molar-refractivity contribution in [2.24, 2.45) is 5.41 Å². The number of carbonyl (C=O) groups is 2. The molecule has 2 unspecified atom stereocenters. The molecule has 0 aromatic rings. The molecule has 0 aromatic heterocycles. The van der Waals surface area contributed by atoms with Gasteiger partial charge in [0.15, 0.2) is 12.1 Å². The molecule has 0 aliphatic carbocycles. The van der Waals surface area contributed by atoms with Crippen molar-refractivity contribution in [1.29, 1.82) is 0 Å². The molecule has 2 atom stereocenters. The second kappa shape index (κ2) is 6.43. The van der Waals surface area contributed by atoms with Crippen LogP contribution in [0.1, 0.15) is 54.4 Å². The van der Waals surface area contributed by atoms with Crippen molar-refractivity contribution in [2.75, 3.05) is 7.11 Å². The molecule has 0 fully saturated rings. The number of rotatable bonds is 8. The van der Waals surface area contributed by atoms with Gasteiger partial charge in [0.1, 0.15) is 0 Å². The molecule has 0 heterocycles. The average Bonchev–Trinajstić information content (AvgIpc) is 2.27. The quantitative estimate of drug-likeness (QED) is 0.496. The summed E-state index contributed by atoms with van der Waals surface area (Å²) in [5.41, 5.74) is -1.60. The Labute approximate surface area is 110 Å². The molecule has 0 saturated heterocycles. The van der Waals surface area contributed by atoms with Gasteiger partial charge >= 0.3 is 0 Å². The van der Waals surface area contributed by atoms with E-state index in [0.717, 1.165) is 6.42 Å². The molecule has 0 rings (SSSR count). The van der Waals surface area contributed by atoms with Crippen LogP contribution in [0.4, 0.5) is 0 Å². The standard InChI is InChI=1S/C14H26O4/c1-8-9-14(6,18-11(3)17-7)13(4,5)12(16)10(2)15/h11H,8-9H2,1-7H3. The number of carbonyl (C=O) groups excluding carboxylic acids is 2. The van der Waals surface area contributed by atoms with Gasteiger partial charge in [-0.3, -0.25) is 9.59 Å². The average molecular weight is 258 g/mol. The van der Waals surface area contributed by atoms with Gasteiger partial charge in [-0.25, -0.2) is 0 Å². The summed E-state index contributed by atoms with van der Waals surface area (Å²) in [4.78, 5) is 23.4. The predicted octanol–water partition coefficient (Wildman–Crippen LogP) is 2.74. The van der Waals surface area contributed by atoms with Gasteiger partial charge in [0.2, 0.25) is 5.78 Å². The maximum atomic E-state index is 12.1. The van der Waals surface area contributed by atoms with Crippen LogP contribution in [0.25, 0.3) is 0 Å². The molecule has 4 heteroatoms. The first-order valence-corrected chi connectivity index (χ1v) is 6.38. The van der Waals surface area contributed by atoms with Gasteiger partial charge in [0, 0.05) is 14.0 Å². The number of ether oxygens (including phenoxy) is 2. The van der Waals surface area contributed by atoms with E-state index in [4.69, 9.17) is 9.47 Å². The van der Waals surface area contributed by atoms with Crippen LogP contribution in [0, 0.1) is 5.41 Å². The molecule has 4 nitrogen and oxygen atoms in total. The Morgan fingerprint density at radius 2 is 1.72 bits per heavy atom. The summed E-state index contributed by atoms with van der Waals surface area (Å²) in [5, 5.41) is 0. The Morgan fingerprint density at radius 1 is 1.22 bits per heavy atom. The lowest BCUT2D eigenvalue weighted by Gasteiger charge is -2.43. The SMILES string of the molecule is CCCC(C)(OC(C)OC)C(C)(C)C(=O)C(C)=O.